The third-order valence-electron chi connectivity index (χ3n) is 4.64. The van der Waals surface area contributed by atoms with Crippen molar-refractivity contribution in [2.24, 2.45) is 4.99 Å². The maximum atomic E-state index is 5.93. The molecule has 5 nitrogen and oxygen atoms in total. The Balaban J connectivity index is 0.00000225. The molecule has 2 heterocycles. The zero-order chi connectivity index (χ0) is 16.9. The van der Waals surface area contributed by atoms with Crippen molar-refractivity contribution < 1.29 is 9.47 Å². The first-order valence-corrected chi connectivity index (χ1v) is 9.07. The van der Waals surface area contributed by atoms with Crippen molar-refractivity contribution >= 4 is 29.9 Å². The third kappa shape index (κ3) is 5.74. The molecule has 0 aliphatic carbocycles. The Morgan fingerprint density at radius 3 is 2.68 bits per heavy atom. The van der Waals surface area contributed by atoms with Crippen molar-refractivity contribution in [1.82, 2.24) is 10.6 Å². The number of ether oxygens (including phenoxy) is 2. The molecule has 2 aliphatic heterocycles. The Morgan fingerprint density at radius 2 is 2.08 bits per heavy atom. The largest absolute Gasteiger partial charge is 0.489 e. The zero-order valence-electron chi connectivity index (χ0n) is 15.3. The molecule has 140 valence electrons. The summed E-state index contributed by atoms with van der Waals surface area (Å²) < 4.78 is 11.8. The molecule has 1 aromatic rings. The fourth-order valence-electron chi connectivity index (χ4n) is 3.39. The van der Waals surface area contributed by atoms with E-state index >= 15 is 0 Å². The first kappa shape index (κ1) is 20.3. The van der Waals surface area contributed by atoms with E-state index in [0.29, 0.717) is 24.8 Å². The van der Waals surface area contributed by atoms with E-state index < -0.39 is 0 Å². The van der Waals surface area contributed by atoms with E-state index in [4.69, 9.17) is 9.47 Å². The number of aliphatic imine (C=N–C) groups is 1. The molecule has 4 atom stereocenters. The summed E-state index contributed by atoms with van der Waals surface area (Å²) in [4.78, 5) is 4.69. The van der Waals surface area contributed by atoms with Gasteiger partial charge >= 0.3 is 0 Å². The summed E-state index contributed by atoms with van der Waals surface area (Å²) in [5.41, 5.74) is 1.24. The summed E-state index contributed by atoms with van der Waals surface area (Å²) in [6, 6.07) is 8.52. The first-order valence-electron chi connectivity index (χ1n) is 9.07. The highest BCUT2D eigenvalue weighted by molar-refractivity contribution is 14.0. The van der Waals surface area contributed by atoms with Gasteiger partial charge in [0.05, 0.1) is 24.8 Å². The molecule has 25 heavy (non-hydrogen) atoms. The van der Waals surface area contributed by atoms with Crippen LogP contribution in [0.3, 0.4) is 0 Å². The number of halogens is 1. The number of hydrogen-bond acceptors (Lipinski definition) is 3. The number of guanidine groups is 1. The molecule has 0 aromatic heterocycles. The second-order valence-corrected chi connectivity index (χ2v) is 6.82. The lowest BCUT2D eigenvalue weighted by molar-refractivity contribution is 0.0992. The van der Waals surface area contributed by atoms with E-state index in [1.54, 1.807) is 0 Å². The Labute approximate surface area is 168 Å². The molecule has 0 amide bonds. The summed E-state index contributed by atoms with van der Waals surface area (Å²) in [6.45, 7) is 7.67. The van der Waals surface area contributed by atoms with Crippen molar-refractivity contribution in [2.75, 3.05) is 13.1 Å². The van der Waals surface area contributed by atoms with E-state index in [2.05, 4.69) is 41.6 Å². The van der Waals surface area contributed by atoms with Crippen LogP contribution in [-0.4, -0.2) is 43.4 Å². The minimum absolute atomic E-state index is 0. The summed E-state index contributed by atoms with van der Waals surface area (Å²) in [6.07, 6.45) is 4.27. The molecule has 2 saturated heterocycles. The minimum atomic E-state index is 0. The molecule has 2 bridgehead atoms. The predicted octanol–water partition coefficient (Wildman–Crippen LogP) is 3.26. The molecular formula is C19H30IN3O2. The van der Waals surface area contributed by atoms with Crippen molar-refractivity contribution in [3.05, 3.63) is 29.8 Å². The monoisotopic (exact) mass is 459 g/mol. The lowest BCUT2D eigenvalue weighted by Crippen LogP contribution is -2.47. The molecular weight excluding hydrogens is 429 g/mol. The maximum absolute atomic E-state index is 5.93. The van der Waals surface area contributed by atoms with Gasteiger partial charge in [0.1, 0.15) is 11.9 Å². The smallest absolute Gasteiger partial charge is 0.191 e. The lowest BCUT2D eigenvalue weighted by Gasteiger charge is -2.23. The van der Waals surface area contributed by atoms with Gasteiger partial charge in [0.15, 0.2) is 5.96 Å². The normalized spacial score (nSPS) is 26.0. The Bertz CT molecular complexity index is 564. The number of benzene rings is 1. The fourth-order valence-corrected chi connectivity index (χ4v) is 3.39. The van der Waals surface area contributed by atoms with Gasteiger partial charge in [0, 0.05) is 6.54 Å². The summed E-state index contributed by atoms with van der Waals surface area (Å²) in [5.74, 6) is 1.75. The Kier molecular flexibility index (Phi) is 7.81. The Morgan fingerprint density at radius 1 is 1.32 bits per heavy atom. The van der Waals surface area contributed by atoms with Gasteiger partial charge in [-0.2, -0.15) is 0 Å². The van der Waals surface area contributed by atoms with E-state index in [9.17, 15) is 0 Å². The van der Waals surface area contributed by atoms with Gasteiger partial charge in [-0.1, -0.05) is 17.7 Å². The van der Waals surface area contributed by atoms with Crippen LogP contribution in [0, 0.1) is 6.92 Å². The summed E-state index contributed by atoms with van der Waals surface area (Å²) in [5, 5.41) is 6.86. The maximum Gasteiger partial charge on any atom is 0.191 e. The van der Waals surface area contributed by atoms with Gasteiger partial charge in [-0.05, 0) is 52.2 Å². The molecule has 0 radical (unpaired) electrons. The van der Waals surface area contributed by atoms with Crippen LogP contribution in [0.5, 0.6) is 5.75 Å². The standard InChI is InChI=1S/C19H29N3O2.HI/c1-4-20-19(22-17-11-16-9-10-18(17)24-16)21-12-14(3)23-15-7-5-13(2)6-8-15;/h5-8,14,16-18H,4,9-12H2,1-3H3,(H2,20,21,22);1H. The number of nitrogens with zero attached hydrogens (tertiary/aromatic N) is 1. The van der Waals surface area contributed by atoms with Gasteiger partial charge in [0.2, 0.25) is 0 Å². The van der Waals surface area contributed by atoms with E-state index in [0.717, 1.165) is 31.1 Å². The third-order valence-corrected chi connectivity index (χ3v) is 4.64. The SMILES string of the molecule is CCNC(=NCC(C)Oc1ccc(C)cc1)NC1CC2CCC1O2.I. The van der Waals surface area contributed by atoms with E-state index in [1.807, 2.05) is 19.1 Å². The molecule has 1 aromatic carbocycles. The molecule has 0 spiro atoms. The van der Waals surface area contributed by atoms with Crippen LogP contribution in [0.2, 0.25) is 0 Å². The summed E-state index contributed by atoms with van der Waals surface area (Å²) >= 11 is 0. The molecule has 0 saturated carbocycles. The second-order valence-electron chi connectivity index (χ2n) is 6.82. The van der Waals surface area contributed by atoms with Crippen molar-refractivity contribution in [1.29, 1.82) is 0 Å². The Hall–Kier alpha value is -1.02. The second kappa shape index (κ2) is 9.62. The number of rotatable bonds is 6. The highest BCUT2D eigenvalue weighted by atomic mass is 127. The molecule has 2 fully saturated rings. The van der Waals surface area contributed by atoms with Gasteiger partial charge in [0.25, 0.3) is 0 Å². The van der Waals surface area contributed by atoms with Gasteiger partial charge in [-0.3, -0.25) is 0 Å². The zero-order valence-corrected chi connectivity index (χ0v) is 17.7. The van der Waals surface area contributed by atoms with Crippen LogP contribution in [0.15, 0.2) is 29.3 Å². The van der Waals surface area contributed by atoms with Gasteiger partial charge in [-0.15, -0.1) is 24.0 Å². The topological polar surface area (TPSA) is 54.9 Å². The predicted molar refractivity (Wildman–Crippen MR) is 112 cm³/mol. The van der Waals surface area contributed by atoms with Crippen LogP contribution >= 0.6 is 24.0 Å². The minimum Gasteiger partial charge on any atom is -0.489 e. The van der Waals surface area contributed by atoms with E-state index in [-0.39, 0.29) is 30.1 Å². The first-order chi connectivity index (χ1) is 11.6. The number of fused-ring (bicyclic) bond motifs is 2. The highest BCUT2D eigenvalue weighted by Crippen LogP contribution is 2.34. The number of hydrogen-bond donors (Lipinski definition) is 2. The molecule has 2 N–H and O–H groups in total. The number of nitrogens with one attached hydrogen (secondary N) is 2. The van der Waals surface area contributed by atoms with Crippen molar-refractivity contribution in [2.45, 2.75) is 64.4 Å². The van der Waals surface area contributed by atoms with Crippen LogP contribution in [0.4, 0.5) is 0 Å². The quantitative estimate of drug-likeness (QED) is 0.390. The fraction of sp³-hybridized carbons (Fsp3) is 0.632. The molecule has 4 unspecified atom stereocenters. The highest BCUT2D eigenvalue weighted by Gasteiger charge is 2.41. The molecule has 2 aliphatic rings. The van der Waals surface area contributed by atoms with Crippen LogP contribution in [0.25, 0.3) is 0 Å². The average molecular weight is 459 g/mol. The molecule has 6 heteroatoms. The van der Waals surface area contributed by atoms with Crippen LogP contribution in [-0.2, 0) is 4.74 Å². The van der Waals surface area contributed by atoms with Gasteiger partial charge in [-0.25, -0.2) is 4.99 Å². The molecule has 3 rings (SSSR count). The van der Waals surface area contributed by atoms with Crippen molar-refractivity contribution in [3.63, 3.8) is 0 Å². The van der Waals surface area contributed by atoms with Crippen molar-refractivity contribution in [3.8, 4) is 5.75 Å². The van der Waals surface area contributed by atoms with Gasteiger partial charge < -0.3 is 20.1 Å². The summed E-state index contributed by atoms with van der Waals surface area (Å²) in [7, 11) is 0. The average Bonchev–Trinajstić information content (AvgIpc) is 3.18. The lowest BCUT2D eigenvalue weighted by atomic mass is 9.96. The van der Waals surface area contributed by atoms with E-state index in [1.165, 1.54) is 12.0 Å². The number of aryl methyl sites for hydroxylation is 1. The van der Waals surface area contributed by atoms with Crippen LogP contribution in [0.1, 0.15) is 38.7 Å². The van der Waals surface area contributed by atoms with Crippen LogP contribution < -0.4 is 15.4 Å².